The molecular formula is C16H27NO2. The van der Waals surface area contributed by atoms with E-state index >= 15 is 0 Å². The van der Waals surface area contributed by atoms with Crippen molar-refractivity contribution in [1.29, 1.82) is 0 Å². The molecule has 0 amide bonds. The summed E-state index contributed by atoms with van der Waals surface area (Å²) in [5.74, 6) is 0.763. The van der Waals surface area contributed by atoms with Crippen LogP contribution in [-0.2, 0) is 6.42 Å². The molecule has 0 saturated carbocycles. The van der Waals surface area contributed by atoms with Crippen molar-refractivity contribution in [3.63, 3.8) is 0 Å². The average molecular weight is 265 g/mol. The van der Waals surface area contributed by atoms with Gasteiger partial charge in [0.2, 0.25) is 0 Å². The quantitative estimate of drug-likeness (QED) is 0.856. The van der Waals surface area contributed by atoms with E-state index in [1.165, 1.54) is 5.56 Å². The lowest BCUT2D eigenvalue weighted by molar-refractivity contribution is 0.125. The Balaban J connectivity index is 2.79. The van der Waals surface area contributed by atoms with Gasteiger partial charge in [-0.3, -0.25) is 0 Å². The topological polar surface area (TPSA) is 41.5 Å². The first-order valence-corrected chi connectivity index (χ1v) is 6.83. The number of benzene rings is 1. The Kier molecular flexibility index (Phi) is 4.86. The Morgan fingerprint density at radius 1 is 1.16 bits per heavy atom. The zero-order chi connectivity index (χ0) is 14.7. The third-order valence-corrected chi connectivity index (χ3v) is 3.16. The second-order valence-electron chi connectivity index (χ2n) is 6.65. The second-order valence-corrected chi connectivity index (χ2v) is 6.65. The van der Waals surface area contributed by atoms with E-state index < -0.39 is 0 Å². The van der Waals surface area contributed by atoms with Gasteiger partial charge in [0.05, 0.1) is 0 Å². The first-order valence-electron chi connectivity index (χ1n) is 6.83. The summed E-state index contributed by atoms with van der Waals surface area (Å²) in [5, 5.41) is 13.1. The van der Waals surface area contributed by atoms with Gasteiger partial charge in [0.1, 0.15) is 5.60 Å². The van der Waals surface area contributed by atoms with Gasteiger partial charge in [0.25, 0.3) is 0 Å². The largest absolute Gasteiger partial charge is 0.504 e. The van der Waals surface area contributed by atoms with Gasteiger partial charge in [-0.15, -0.1) is 0 Å². The van der Waals surface area contributed by atoms with Gasteiger partial charge >= 0.3 is 0 Å². The van der Waals surface area contributed by atoms with Gasteiger partial charge < -0.3 is 15.2 Å². The van der Waals surface area contributed by atoms with Crippen LogP contribution in [0.5, 0.6) is 11.5 Å². The molecule has 0 fully saturated rings. The second kappa shape index (κ2) is 5.83. The molecule has 3 nitrogen and oxygen atoms in total. The summed E-state index contributed by atoms with van der Waals surface area (Å²) in [5.41, 5.74) is 0.990. The molecule has 1 aromatic rings. The van der Waals surface area contributed by atoms with Crippen LogP contribution in [0.1, 0.15) is 46.6 Å². The lowest BCUT2D eigenvalue weighted by atomic mass is 9.95. The van der Waals surface area contributed by atoms with E-state index in [0.29, 0.717) is 5.75 Å². The summed E-state index contributed by atoms with van der Waals surface area (Å²) in [4.78, 5) is 0. The predicted octanol–water partition coefficient (Wildman–Crippen LogP) is 3.50. The van der Waals surface area contributed by atoms with Crippen LogP contribution in [0.15, 0.2) is 18.2 Å². The molecule has 108 valence electrons. The fourth-order valence-corrected chi connectivity index (χ4v) is 1.71. The van der Waals surface area contributed by atoms with E-state index in [4.69, 9.17) is 4.74 Å². The van der Waals surface area contributed by atoms with E-state index in [0.717, 1.165) is 12.8 Å². The van der Waals surface area contributed by atoms with Crippen molar-refractivity contribution in [1.82, 2.24) is 5.32 Å². The zero-order valence-electron chi connectivity index (χ0n) is 13.0. The normalized spacial score (nSPS) is 12.5. The summed E-state index contributed by atoms with van der Waals surface area (Å²) in [6, 6.07) is 5.60. The van der Waals surface area contributed by atoms with Crippen LogP contribution in [-0.4, -0.2) is 23.3 Å². The summed E-state index contributed by atoms with van der Waals surface area (Å²) in [6.45, 7) is 10.3. The van der Waals surface area contributed by atoms with Crippen LogP contribution in [0, 0.1) is 0 Å². The standard InChI is InChI=1S/C16H27NO2/c1-15(2,3)19-14-11-12(7-8-13(14)18)9-10-16(4,5)17-6/h7-8,11,17-18H,9-10H2,1-6H3. The minimum absolute atomic E-state index is 0.114. The van der Waals surface area contributed by atoms with Crippen molar-refractivity contribution < 1.29 is 9.84 Å². The first-order chi connectivity index (χ1) is 8.63. The van der Waals surface area contributed by atoms with Crippen molar-refractivity contribution in [2.24, 2.45) is 0 Å². The van der Waals surface area contributed by atoms with Crippen LogP contribution in [0.4, 0.5) is 0 Å². The van der Waals surface area contributed by atoms with Crippen molar-refractivity contribution >= 4 is 0 Å². The van der Waals surface area contributed by atoms with Crippen LogP contribution in [0.25, 0.3) is 0 Å². The summed E-state index contributed by atoms with van der Waals surface area (Å²) in [6.07, 6.45) is 1.98. The molecule has 0 aliphatic carbocycles. The number of phenolic OH excluding ortho intramolecular Hbond substituents is 1. The highest BCUT2D eigenvalue weighted by molar-refractivity contribution is 5.42. The molecule has 1 rings (SSSR count). The highest BCUT2D eigenvalue weighted by atomic mass is 16.5. The Labute approximate surface area is 117 Å². The van der Waals surface area contributed by atoms with Gasteiger partial charge in [0, 0.05) is 5.54 Å². The molecule has 0 spiro atoms. The van der Waals surface area contributed by atoms with Crippen molar-refractivity contribution in [2.45, 2.75) is 58.6 Å². The Hall–Kier alpha value is -1.22. The Morgan fingerprint density at radius 2 is 1.79 bits per heavy atom. The summed E-state index contributed by atoms with van der Waals surface area (Å²) < 4.78 is 5.77. The van der Waals surface area contributed by atoms with Crippen molar-refractivity contribution in [2.75, 3.05) is 7.05 Å². The van der Waals surface area contributed by atoms with Gasteiger partial charge in [-0.2, -0.15) is 0 Å². The maximum atomic E-state index is 9.84. The molecule has 0 aliphatic heterocycles. The fourth-order valence-electron chi connectivity index (χ4n) is 1.71. The molecule has 0 aliphatic rings. The van der Waals surface area contributed by atoms with Crippen LogP contribution < -0.4 is 10.1 Å². The predicted molar refractivity (Wildman–Crippen MR) is 79.9 cm³/mol. The monoisotopic (exact) mass is 265 g/mol. The first kappa shape index (κ1) is 15.8. The van der Waals surface area contributed by atoms with E-state index in [9.17, 15) is 5.11 Å². The fraction of sp³-hybridized carbons (Fsp3) is 0.625. The van der Waals surface area contributed by atoms with Crippen LogP contribution in [0.3, 0.4) is 0 Å². The maximum Gasteiger partial charge on any atom is 0.161 e. The van der Waals surface area contributed by atoms with Gasteiger partial charge in [0.15, 0.2) is 11.5 Å². The molecule has 1 aromatic carbocycles. The Morgan fingerprint density at radius 3 is 2.32 bits per heavy atom. The molecular weight excluding hydrogens is 238 g/mol. The molecule has 0 unspecified atom stereocenters. The molecule has 0 bridgehead atoms. The number of hydrogen-bond donors (Lipinski definition) is 2. The molecule has 19 heavy (non-hydrogen) atoms. The molecule has 3 heteroatoms. The SMILES string of the molecule is CNC(C)(C)CCc1ccc(O)c(OC(C)(C)C)c1. The molecule has 0 radical (unpaired) electrons. The summed E-state index contributed by atoms with van der Waals surface area (Å²) >= 11 is 0. The van der Waals surface area contributed by atoms with E-state index in [1.54, 1.807) is 6.07 Å². The van der Waals surface area contributed by atoms with E-state index in [-0.39, 0.29) is 16.9 Å². The minimum Gasteiger partial charge on any atom is -0.504 e. The highest BCUT2D eigenvalue weighted by Crippen LogP contribution is 2.30. The number of phenols is 1. The molecule has 0 atom stereocenters. The lowest BCUT2D eigenvalue weighted by Crippen LogP contribution is -2.36. The number of rotatable bonds is 5. The van der Waals surface area contributed by atoms with Gasteiger partial charge in [-0.25, -0.2) is 0 Å². The highest BCUT2D eigenvalue weighted by Gasteiger charge is 2.17. The number of aryl methyl sites for hydroxylation is 1. The average Bonchev–Trinajstić information content (AvgIpc) is 2.28. The smallest absolute Gasteiger partial charge is 0.161 e. The molecule has 0 saturated heterocycles. The van der Waals surface area contributed by atoms with Crippen molar-refractivity contribution in [3.05, 3.63) is 23.8 Å². The Bertz CT molecular complexity index is 419. The van der Waals surface area contributed by atoms with Gasteiger partial charge in [-0.1, -0.05) is 6.07 Å². The third kappa shape index (κ3) is 5.52. The van der Waals surface area contributed by atoms with Crippen molar-refractivity contribution in [3.8, 4) is 11.5 Å². The number of ether oxygens (including phenoxy) is 1. The number of aromatic hydroxyl groups is 1. The number of nitrogens with one attached hydrogen (secondary N) is 1. The molecule has 0 heterocycles. The molecule has 2 N–H and O–H groups in total. The van der Waals surface area contributed by atoms with Crippen LogP contribution >= 0.6 is 0 Å². The van der Waals surface area contributed by atoms with Gasteiger partial charge in [-0.05, 0) is 72.2 Å². The van der Waals surface area contributed by atoms with E-state index in [1.807, 2.05) is 40.0 Å². The number of hydrogen-bond acceptors (Lipinski definition) is 3. The maximum absolute atomic E-state index is 9.84. The van der Waals surface area contributed by atoms with Crippen LogP contribution in [0.2, 0.25) is 0 Å². The third-order valence-electron chi connectivity index (χ3n) is 3.16. The molecule has 0 aromatic heterocycles. The minimum atomic E-state index is -0.305. The lowest BCUT2D eigenvalue weighted by Gasteiger charge is -2.25. The zero-order valence-corrected chi connectivity index (χ0v) is 13.0. The van der Waals surface area contributed by atoms with E-state index in [2.05, 4.69) is 19.2 Å². The summed E-state index contributed by atoms with van der Waals surface area (Å²) in [7, 11) is 1.98.